The van der Waals surface area contributed by atoms with Crippen molar-refractivity contribution in [2.75, 3.05) is 13.7 Å². The summed E-state index contributed by atoms with van der Waals surface area (Å²) in [7, 11) is 1.60. The smallest absolute Gasteiger partial charge is 0.291 e. The first-order valence-corrected chi connectivity index (χ1v) is 11.0. The van der Waals surface area contributed by atoms with E-state index in [1.54, 1.807) is 7.11 Å². The fourth-order valence-corrected chi connectivity index (χ4v) is 4.26. The highest BCUT2D eigenvalue weighted by Crippen LogP contribution is 2.29. The van der Waals surface area contributed by atoms with Gasteiger partial charge in [-0.15, -0.1) is 5.10 Å². The first-order chi connectivity index (χ1) is 14.5. The van der Waals surface area contributed by atoms with Crippen molar-refractivity contribution in [3.05, 3.63) is 67.4 Å². The number of benzene rings is 2. The summed E-state index contributed by atoms with van der Waals surface area (Å²) >= 11 is 4.81. The Hall–Kier alpha value is -2.71. The Balaban J connectivity index is 1.70. The summed E-state index contributed by atoms with van der Waals surface area (Å²) in [6.45, 7) is 4.79. The van der Waals surface area contributed by atoms with Gasteiger partial charge in [-0.3, -0.25) is 4.79 Å². The molecule has 154 valence electrons. The number of hydrogen-bond acceptors (Lipinski definition) is 6. The Kier molecular flexibility index (Phi) is 5.87. The molecular formula is C22H20BrN3O3S. The molecule has 0 bridgehead atoms. The molecule has 0 saturated heterocycles. The van der Waals surface area contributed by atoms with Crippen molar-refractivity contribution in [3.63, 3.8) is 0 Å². The van der Waals surface area contributed by atoms with Crippen LogP contribution in [0.5, 0.6) is 11.5 Å². The highest BCUT2D eigenvalue weighted by Gasteiger charge is 2.14. The minimum atomic E-state index is -0.195. The molecule has 8 heteroatoms. The van der Waals surface area contributed by atoms with E-state index in [9.17, 15) is 4.79 Å². The number of halogens is 1. The van der Waals surface area contributed by atoms with Crippen LogP contribution >= 0.6 is 27.3 Å². The molecule has 4 rings (SSSR count). The number of nitrogens with zero attached hydrogens (tertiary/aromatic N) is 3. The second-order valence-corrected chi connectivity index (χ2v) is 9.00. The Morgan fingerprint density at radius 3 is 2.70 bits per heavy atom. The van der Waals surface area contributed by atoms with Crippen LogP contribution in [0, 0.1) is 5.92 Å². The number of fused-ring (bicyclic) bond motifs is 1. The van der Waals surface area contributed by atoms with Gasteiger partial charge in [0.25, 0.3) is 5.56 Å². The summed E-state index contributed by atoms with van der Waals surface area (Å²) in [5.41, 5.74) is 1.50. The Bertz CT molecular complexity index is 1310. The van der Waals surface area contributed by atoms with Gasteiger partial charge in [0.2, 0.25) is 4.96 Å². The molecule has 4 aromatic rings. The summed E-state index contributed by atoms with van der Waals surface area (Å²) < 4.78 is 14.0. The van der Waals surface area contributed by atoms with Gasteiger partial charge in [0, 0.05) is 10.0 Å². The molecule has 0 spiro atoms. The molecule has 2 aromatic heterocycles. The van der Waals surface area contributed by atoms with Gasteiger partial charge in [-0.1, -0.05) is 59.3 Å². The zero-order valence-corrected chi connectivity index (χ0v) is 19.2. The number of rotatable bonds is 6. The minimum absolute atomic E-state index is 0.195. The van der Waals surface area contributed by atoms with Gasteiger partial charge in [-0.25, -0.2) is 0 Å². The first-order valence-electron chi connectivity index (χ1n) is 9.43. The Labute approximate surface area is 185 Å². The zero-order valence-electron chi connectivity index (χ0n) is 16.8. The molecule has 0 aliphatic heterocycles. The molecule has 0 N–H and O–H groups in total. The van der Waals surface area contributed by atoms with Crippen LogP contribution in [0.1, 0.15) is 19.4 Å². The predicted octanol–water partition coefficient (Wildman–Crippen LogP) is 4.17. The molecule has 0 amide bonds. The lowest BCUT2D eigenvalue weighted by Gasteiger charge is -2.12. The van der Waals surface area contributed by atoms with Crippen LogP contribution < -0.4 is 19.6 Å². The minimum Gasteiger partial charge on any atom is -0.493 e. The average Bonchev–Trinajstić information content (AvgIpc) is 3.26. The van der Waals surface area contributed by atoms with Crippen molar-refractivity contribution in [2.45, 2.75) is 13.8 Å². The summed E-state index contributed by atoms with van der Waals surface area (Å²) in [4.78, 5) is 17.9. The van der Waals surface area contributed by atoms with Gasteiger partial charge in [-0.05, 0) is 41.8 Å². The molecule has 0 atom stereocenters. The standard InChI is InChI=1S/C22H20BrN3O3S/c1-13(2)12-29-17-9-8-14(10-18(17)28-3)11-19-21(27)26-22(30-19)24-20(25-26)15-6-4-5-7-16(15)23/h4-11,13H,12H2,1-3H3/b19-11-. The van der Waals surface area contributed by atoms with Gasteiger partial charge in [-0.2, -0.15) is 9.50 Å². The Morgan fingerprint density at radius 1 is 1.20 bits per heavy atom. The summed E-state index contributed by atoms with van der Waals surface area (Å²) in [5, 5.41) is 4.40. The quantitative estimate of drug-likeness (QED) is 0.409. The van der Waals surface area contributed by atoms with E-state index in [2.05, 4.69) is 39.9 Å². The van der Waals surface area contributed by atoms with Crippen LogP contribution in [0.4, 0.5) is 0 Å². The maximum absolute atomic E-state index is 12.8. The molecule has 0 unspecified atom stereocenters. The number of hydrogen-bond donors (Lipinski definition) is 0. The normalized spacial score (nSPS) is 12.1. The van der Waals surface area contributed by atoms with Crippen molar-refractivity contribution in [1.29, 1.82) is 0 Å². The topological polar surface area (TPSA) is 65.7 Å². The van der Waals surface area contributed by atoms with Crippen LogP contribution in [0.3, 0.4) is 0 Å². The van der Waals surface area contributed by atoms with Crippen LogP contribution in [0.15, 0.2) is 51.7 Å². The molecule has 0 aliphatic rings. The van der Waals surface area contributed by atoms with E-state index in [1.807, 2.05) is 48.5 Å². The molecule has 2 heterocycles. The molecule has 6 nitrogen and oxygen atoms in total. The predicted molar refractivity (Wildman–Crippen MR) is 122 cm³/mol. The second-order valence-electron chi connectivity index (χ2n) is 7.14. The molecule has 0 fully saturated rings. The third-order valence-corrected chi connectivity index (χ3v) is 6.00. The third kappa shape index (κ3) is 4.11. The second kappa shape index (κ2) is 8.57. The lowest BCUT2D eigenvalue weighted by atomic mass is 10.2. The number of aromatic nitrogens is 3. The SMILES string of the molecule is COc1cc(/C=c2\sc3nc(-c4ccccc4Br)nn3c2=O)ccc1OCC(C)C. The lowest BCUT2D eigenvalue weighted by Crippen LogP contribution is -2.23. The molecule has 0 saturated carbocycles. The molecule has 0 aliphatic carbocycles. The van der Waals surface area contributed by atoms with Gasteiger partial charge in [0.05, 0.1) is 18.2 Å². The van der Waals surface area contributed by atoms with Crippen molar-refractivity contribution < 1.29 is 9.47 Å². The number of methoxy groups -OCH3 is 1. The highest BCUT2D eigenvalue weighted by molar-refractivity contribution is 9.10. The van der Waals surface area contributed by atoms with E-state index in [4.69, 9.17) is 9.47 Å². The summed E-state index contributed by atoms with van der Waals surface area (Å²) in [6.07, 6.45) is 1.82. The average molecular weight is 486 g/mol. The van der Waals surface area contributed by atoms with Crippen LogP contribution in [0.2, 0.25) is 0 Å². The maximum Gasteiger partial charge on any atom is 0.291 e. The summed E-state index contributed by atoms with van der Waals surface area (Å²) in [6, 6.07) is 13.3. The highest BCUT2D eigenvalue weighted by atomic mass is 79.9. The van der Waals surface area contributed by atoms with Crippen LogP contribution in [-0.2, 0) is 0 Å². The number of ether oxygens (including phenoxy) is 2. The first kappa shape index (κ1) is 20.6. The largest absolute Gasteiger partial charge is 0.493 e. The third-order valence-electron chi connectivity index (χ3n) is 4.35. The zero-order chi connectivity index (χ0) is 21.3. The van der Waals surface area contributed by atoms with Gasteiger partial charge >= 0.3 is 0 Å². The van der Waals surface area contributed by atoms with Crippen molar-refractivity contribution in [3.8, 4) is 22.9 Å². The van der Waals surface area contributed by atoms with Crippen LogP contribution in [0.25, 0.3) is 22.4 Å². The maximum atomic E-state index is 12.8. The van der Waals surface area contributed by atoms with E-state index in [0.29, 0.717) is 39.3 Å². The van der Waals surface area contributed by atoms with E-state index in [1.165, 1.54) is 15.9 Å². The lowest BCUT2D eigenvalue weighted by molar-refractivity contribution is 0.257. The van der Waals surface area contributed by atoms with E-state index in [-0.39, 0.29) is 5.56 Å². The van der Waals surface area contributed by atoms with Crippen LogP contribution in [-0.4, -0.2) is 28.3 Å². The van der Waals surface area contributed by atoms with E-state index < -0.39 is 0 Å². The van der Waals surface area contributed by atoms with Crippen molar-refractivity contribution in [2.24, 2.45) is 5.92 Å². The monoisotopic (exact) mass is 485 g/mol. The summed E-state index contributed by atoms with van der Waals surface area (Å²) in [5.74, 6) is 2.25. The molecule has 30 heavy (non-hydrogen) atoms. The van der Waals surface area contributed by atoms with E-state index >= 15 is 0 Å². The van der Waals surface area contributed by atoms with Gasteiger partial charge in [0.1, 0.15) is 0 Å². The number of thiazole rings is 1. The van der Waals surface area contributed by atoms with Gasteiger partial charge < -0.3 is 9.47 Å². The molecule has 0 radical (unpaired) electrons. The Morgan fingerprint density at radius 2 is 2.00 bits per heavy atom. The molecule has 2 aromatic carbocycles. The fourth-order valence-electron chi connectivity index (χ4n) is 2.89. The van der Waals surface area contributed by atoms with Crippen molar-refractivity contribution >= 4 is 38.3 Å². The van der Waals surface area contributed by atoms with E-state index in [0.717, 1.165) is 15.6 Å². The van der Waals surface area contributed by atoms with Crippen molar-refractivity contribution in [1.82, 2.24) is 14.6 Å². The molecular weight excluding hydrogens is 466 g/mol. The fraction of sp³-hybridized carbons (Fsp3) is 0.227. The van der Waals surface area contributed by atoms with Gasteiger partial charge in [0.15, 0.2) is 17.3 Å².